The standard InChI is InChI=1S/C25H28ClNO4/c1-30-23(28)21-14-9-17-25(24(29)31-2,27(21)18-20-12-7-4-8-13-20)22(26)16-15-19-10-5-3-6-11-19/h3-8,10-13,15-16,21-22H,9,14,17-18H2,1-2H3/b16-15-/t21-,22?,25-/m1/s1. The van der Waals surface area contributed by atoms with Crippen LogP contribution in [0.25, 0.3) is 6.08 Å². The highest BCUT2D eigenvalue weighted by molar-refractivity contribution is 6.25. The molecule has 0 saturated carbocycles. The molecule has 0 bridgehead atoms. The van der Waals surface area contributed by atoms with Crippen molar-refractivity contribution in [1.82, 2.24) is 4.90 Å². The molecule has 2 aromatic rings. The van der Waals surface area contributed by atoms with Gasteiger partial charge in [0, 0.05) is 6.54 Å². The highest BCUT2D eigenvalue weighted by Gasteiger charge is 2.55. The van der Waals surface area contributed by atoms with Crippen molar-refractivity contribution < 1.29 is 19.1 Å². The number of rotatable bonds is 7. The van der Waals surface area contributed by atoms with Crippen molar-refractivity contribution in [1.29, 1.82) is 0 Å². The van der Waals surface area contributed by atoms with Crippen LogP contribution in [-0.2, 0) is 25.6 Å². The molecule has 1 fully saturated rings. The number of alkyl halides is 1. The summed E-state index contributed by atoms with van der Waals surface area (Å²) in [6.07, 6.45) is 5.43. The maximum Gasteiger partial charge on any atom is 0.328 e. The average Bonchev–Trinajstić information content (AvgIpc) is 2.83. The number of carbonyl (C=O) groups excluding carboxylic acids is 2. The molecule has 0 spiro atoms. The predicted molar refractivity (Wildman–Crippen MR) is 122 cm³/mol. The molecule has 6 heteroatoms. The van der Waals surface area contributed by atoms with Gasteiger partial charge in [0.2, 0.25) is 0 Å². The highest BCUT2D eigenvalue weighted by Crippen LogP contribution is 2.40. The van der Waals surface area contributed by atoms with Gasteiger partial charge in [-0.3, -0.25) is 9.69 Å². The minimum absolute atomic E-state index is 0.373. The minimum Gasteiger partial charge on any atom is -0.468 e. The van der Waals surface area contributed by atoms with Crippen LogP contribution in [0.3, 0.4) is 0 Å². The van der Waals surface area contributed by atoms with E-state index < -0.39 is 22.9 Å². The lowest BCUT2D eigenvalue weighted by molar-refractivity contribution is -0.168. The van der Waals surface area contributed by atoms with Crippen molar-refractivity contribution >= 4 is 29.6 Å². The van der Waals surface area contributed by atoms with E-state index in [2.05, 4.69) is 0 Å². The van der Waals surface area contributed by atoms with Gasteiger partial charge in [-0.15, -0.1) is 11.6 Å². The molecule has 1 unspecified atom stereocenters. The molecule has 164 valence electrons. The summed E-state index contributed by atoms with van der Waals surface area (Å²) in [7, 11) is 2.72. The molecule has 1 aliphatic rings. The van der Waals surface area contributed by atoms with Crippen molar-refractivity contribution in [2.24, 2.45) is 0 Å². The fraction of sp³-hybridized carbons (Fsp3) is 0.360. The summed E-state index contributed by atoms with van der Waals surface area (Å²) in [6, 6.07) is 18.9. The Kier molecular flexibility index (Phi) is 7.88. The van der Waals surface area contributed by atoms with Gasteiger partial charge < -0.3 is 9.47 Å². The first kappa shape index (κ1) is 23.0. The first-order valence-electron chi connectivity index (χ1n) is 10.4. The van der Waals surface area contributed by atoms with Crippen molar-refractivity contribution in [3.63, 3.8) is 0 Å². The molecule has 31 heavy (non-hydrogen) atoms. The van der Waals surface area contributed by atoms with E-state index in [0.29, 0.717) is 25.8 Å². The lowest BCUT2D eigenvalue weighted by Crippen LogP contribution is -2.66. The third kappa shape index (κ3) is 5.00. The van der Waals surface area contributed by atoms with E-state index in [0.717, 1.165) is 11.1 Å². The molecule has 0 amide bonds. The molecule has 0 N–H and O–H groups in total. The van der Waals surface area contributed by atoms with Crippen LogP contribution in [0.5, 0.6) is 0 Å². The summed E-state index contributed by atoms with van der Waals surface area (Å²) in [5.41, 5.74) is 0.750. The van der Waals surface area contributed by atoms with Gasteiger partial charge in [-0.25, -0.2) is 4.79 Å². The molecule has 2 aromatic carbocycles. The second kappa shape index (κ2) is 10.6. The summed E-state index contributed by atoms with van der Waals surface area (Å²) in [5.74, 6) is -0.824. The average molecular weight is 442 g/mol. The van der Waals surface area contributed by atoms with Gasteiger partial charge in [0.1, 0.15) is 11.6 Å². The van der Waals surface area contributed by atoms with Gasteiger partial charge in [0.15, 0.2) is 0 Å². The van der Waals surface area contributed by atoms with Crippen LogP contribution in [0, 0.1) is 0 Å². The highest BCUT2D eigenvalue weighted by atomic mass is 35.5. The number of carbonyl (C=O) groups is 2. The first-order valence-corrected chi connectivity index (χ1v) is 10.8. The Morgan fingerprint density at radius 1 is 1.10 bits per heavy atom. The zero-order chi connectivity index (χ0) is 22.3. The number of esters is 2. The van der Waals surface area contributed by atoms with Gasteiger partial charge in [0.25, 0.3) is 0 Å². The predicted octanol–water partition coefficient (Wildman–Crippen LogP) is 4.45. The van der Waals surface area contributed by atoms with E-state index >= 15 is 0 Å². The maximum absolute atomic E-state index is 13.3. The van der Waals surface area contributed by atoms with Crippen molar-refractivity contribution in [3.05, 3.63) is 77.9 Å². The van der Waals surface area contributed by atoms with Crippen LogP contribution in [0.2, 0.25) is 0 Å². The lowest BCUT2D eigenvalue weighted by atomic mass is 9.79. The quantitative estimate of drug-likeness (QED) is 0.469. The number of methoxy groups -OCH3 is 2. The number of nitrogens with zero attached hydrogens (tertiary/aromatic N) is 1. The largest absolute Gasteiger partial charge is 0.468 e. The number of piperidine rings is 1. The van der Waals surface area contributed by atoms with E-state index in [4.69, 9.17) is 21.1 Å². The van der Waals surface area contributed by atoms with Crippen molar-refractivity contribution in [3.8, 4) is 0 Å². The SMILES string of the molecule is COC(=O)[C@H]1CCC[C@](C(=O)OC)(C(Cl)/C=C\c2ccccc2)N1Cc1ccccc1. The molecule has 0 radical (unpaired) electrons. The van der Waals surface area contributed by atoms with E-state index in [-0.39, 0.29) is 5.97 Å². The summed E-state index contributed by atoms with van der Waals surface area (Å²) < 4.78 is 10.3. The molecule has 0 aromatic heterocycles. The normalized spacial score (nSPS) is 22.7. The third-order valence-electron chi connectivity index (χ3n) is 5.85. The topological polar surface area (TPSA) is 55.8 Å². The van der Waals surface area contributed by atoms with E-state index in [1.807, 2.05) is 77.7 Å². The fourth-order valence-electron chi connectivity index (χ4n) is 4.28. The first-order chi connectivity index (χ1) is 15.0. The Bertz CT molecular complexity index is 902. The number of likely N-dealkylation sites (tertiary alicyclic amines) is 1. The summed E-state index contributed by atoms with van der Waals surface area (Å²) in [6.45, 7) is 0.373. The summed E-state index contributed by atoms with van der Waals surface area (Å²) in [4.78, 5) is 27.8. The maximum atomic E-state index is 13.3. The lowest BCUT2D eigenvalue weighted by Gasteiger charge is -2.49. The van der Waals surface area contributed by atoms with Crippen molar-refractivity contribution in [2.75, 3.05) is 14.2 Å². The molecular weight excluding hydrogens is 414 g/mol. The minimum atomic E-state index is -1.20. The second-order valence-corrected chi connectivity index (χ2v) is 8.10. The number of halogens is 1. The number of ether oxygens (including phenoxy) is 2. The molecule has 1 heterocycles. The van der Waals surface area contributed by atoms with E-state index in [9.17, 15) is 9.59 Å². The summed E-state index contributed by atoms with van der Waals surface area (Å²) in [5, 5.41) is -0.712. The van der Waals surface area contributed by atoms with Crippen LogP contribution in [-0.4, -0.2) is 48.0 Å². The number of hydrogen-bond acceptors (Lipinski definition) is 5. The van der Waals surface area contributed by atoms with Gasteiger partial charge in [-0.2, -0.15) is 0 Å². The third-order valence-corrected chi connectivity index (χ3v) is 6.35. The second-order valence-electron chi connectivity index (χ2n) is 7.63. The van der Waals surface area contributed by atoms with Crippen LogP contribution in [0.15, 0.2) is 66.7 Å². The fourth-order valence-corrected chi connectivity index (χ4v) is 4.68. The van der Waals surface area contributed by atoms with Gasteiger partial charge in [-0.05, 0) is 30.4 Å². The Balaban J connectivity index is 2.05. The number of benzene rings is 2. The van der Waals surface area contributed by atoms with Crippen LogP contribution < -0.4 is 0 Å². The number of hydrogen-bond donors (Lipinski definition) is 0. The van der Waals surface area contributed by atoms with Gasteiger partial charge in [-0.1, -0.05) is 72.8 Å². The van der Waals surface area contributed by atoms with Gasteiger partial charge >= 0.3 is 11.9 Å². The van der Waals surface area contributed by atoms with Crippen LogP contribution in [0.4, 0.5) is 0 Å². The Morgan fingerprint density at radius 3 is 2.35 bits per heavy atom. The monoisotopic (exact) mass is 441 g/mol. The zero-order valence-electron chi connectivity index (χ0n) is 17.9. The molecule has 3 rings (SSSR count). The van der Waals surface area contributed by atoms with Crippen LogP contribution in [0.1, 0.15) is 30.4 Å². The van der Waals surface area contributed by atoms with Gasteiger partial charge in [0.05, 0.1) is 19.6 Å². The molecule has 1 aliphatic heterocycles. The Labute approximate surface area is 188 Å². The molecule has 3 atom stereocenters. The van der Waals surface area contributed by atoms with E-state index in [1.165, 1.54) is 14.2 Å². The Hall–Kier alpha value is -2.63. The van der Waals surface area contributed by atoms with E-state index in [1.54, 1.807) is 0 Å². The molecule has 5 nitrogen and oxygen atoms in total. The van der Waals surface area contributed by atoms with Crippen LogP contribution >= 0.6 is 11.6 Å². The smallest absolute Gasteiger partial charge is 0.328 e. The molecule has 0 aliphatic carbocycles. The molecular formula is C25H28ClNO4. The Morgan fingerprint density at radius 2 is 1.74 bits per heavy atom. The summed E-state index contributed by atoms with van der Waals surface area (Å²) >= 11 is 6.93. The molecule has 1 saturated heterocycles. The van der Waals surface area contributed by atoms with Crippen molar-refractivity contribution in [2.45, 2.75) is 42.8 Å². The zero-order valence-corrected chi connectivity index (χ0v) is 18.6.